The Balaban J connectivity index is 1.80. The van der Waals surface area contributed by atoms with Crippen molar-refractivity contribution in [1.29, 1.82) is 0 Å². The van der Waals surface area contributed by atoms with Crippen LogP contribution in [0.25, 0.3) is 0 Å². The minimum Gasteiger partial charge on any atom is -0.304 e. The number of hydrogen-bond acceptors (Lipinski definition) is 2. The zero-order chi connectivity index (χ0) is 14.6. The van der Waals surface area contributed by atoms with Crippen LogP contribution in [0.1, 0.15) is 31.2 Å². The Hall–Kier alpha value is -1.36. The lowest BCUT2D eigenvalue weighted by Crippen LogP contribution is -2.33. The van der Waals surface area contributed by atoms with E-state index in [0.29, 0.717) is 12.8 Å². The molecule has 1 atom stereocenters. The van der Waals surface area contributed by atoms with Gasteiger partial charge in [-0.15, -0.1) is 0 Å². The predicted molar refractivity (Wildman–Crippen MR) is 70.1 cm³/mol. The molecule has 20 heavy (non-hydrogen) atoms. The quantitative estimate of drug-likeness (QED) is 0.777. The van der Waals surface area contributed by atoms with Gasteiger partial charge in [0.15, 0.2) is 0 Å². The van der Waals surface area contributed by atoms with Crippen LogP contribution < -0.4 is 5.32 Å². The van der Waals surface area contributed by atoms with Crippen molar-refractivity contribution in [3.8, 4) is 0 Å². The summed E-state index contributed by atoms with van der Waals surface area (Å²) in [6, 6.07) is 8.96. The van der Waals surface area contributed by atoms with Crippen LogP contribution >= 0.6 is 0 Å². The lowest BCUT2D eigenvalue weighted by Gasteiger charge is -2.21. The summed E-state index contributed by atoms with van der Waals surface area (Å²) in [5.41, 5.74) is -0.515. The first-order chi connectivity index (χ1) is 9.47. The second-order valence-electron chi connectivity index (χ2n) is 5.43. The highest BCUT2D eigenvalue weighted by atomic mass is 19.4. The molecule has 2 rings (SSSR count). The molecule has 0 aromatic heterocycles. The lowest BCUT2D eigenvalue weighted by atomic mass is 9.96. The summed E-state index contributed by atoms with van der Waals surface area (Å²) in [4.78, 5) is 11.0. The fourth-order valence-electron chi connectivity index (χ4n) is 2.32. The maximum Gasteiger partial charge on any atom is 0.394 e. The molecule has 1 aromatic carbocycles. The first kappa shape index (κ1) is 15.0. The van der Waals surface area contributed by atoms with E-state index in [4.69, 9.17) is 0 Å². The van der Waals surface area contributed by atoms with E-state index in [9.17, 15) is 18.0 Å². The maximum absolute atomic E-state index is 12.8. The predicted octanol–water partition coefficient (Wildman–Crippen LogP) is 3.47. The van der Waals surface area contributed by atoms with Gasteiger partial charge in [-0.1, -0.05) is 30.3 Å². The second kappa shape index (κ2) is 5.95. The van der Waals surface area contributed by atoms with Gasteiger partial charge in [-0.3, -0.25) is 0 Å². The summed E-state index contributed by atoms with van der Waals surface area (Å²) in [7, 11) is 0. The molecule has 0 aliphatic heterocycles. The molecule has 0 amide bonds. The summed E-state index contributed by atoms with van der Waals surface area (Å²) in [5.74, 6) is 0. The molecular formula is C15H18F3NO. The smallest absolute Gasteiger partial charge is 0.304 e. The third kappa shape index (κ3) is 3.60. The second-order valence-corrected chi connectivity index (χ2v) is 5.43. The molecule has 0 saturated heterocycles. The zero-order valence-electron chi connectivity index (χ0n) is 11.1. The normalized spacial score (nSPS) is 18.6. The Labute approximate surface area is 116 Å². The van der Waals surface area contributed by atoms with E-state index in [1.165, 1.54) is 0 Å². The number of benzene rings is 1. The zero-order valence-corrected chi connectivity index (χ0v) is 11.1. The molecule has 1 aromatic rings. The van der Waals surface area contributed by atoms with Crippen LogP contribution in [0.4, 0.5) is 13.2 Å². The van der Waals surface area contributed by atoms with Crippen molar-refractivity contribution in [1.82, 2.24) is 5.32 Å². The van der Waals surface area contributed by atoms with Gasteiger partial charge < -0.3 is 10.1 Å². The summed E-state index contributed by atoms with van der Waals surface area (Å²) in [6.07, 6.45) is -2.78. The van der Waals surface area contributed by atoms with Gasteiger partial charge in [0.1, 0.15) is 6.29 Å². The Kier molecular flexibility index (Phi) is 4.48. The molecule has 0 bridgehead atoms. The Morgan fingerprint density at radius 2 is 1.90 bits per heavy atom. The Bertz CT molecular complexity index is 440. The van der Waals surface area contributed by atoms with Crippen molar-refractivity contribution in [2.45, 2.75) is 44.4 Å². The van der Waals surface area contributed by atoms with Crippen molar-refractivity contribution < 1.29 is 18.0 Å². The molecule has 0 radical (unpaired) electrons. The summed E-state index contributed by atoms with van der Waals surface area (Å²) < 4.78 is 38.4. The minimum absolute atomic E-state index is 0.0295. The van der Waals surface area contributed by atoms with Gasteiger partial charge in [0, 0.05) is 6.54 Å². The van der Waals surface area contributed by atoms with Crippen molar-refractivity contribution in [2.24, 2.45) is 5.41 Å². The highest BCUT2D eigenvalue weighted by molar-refractivity contribution is 5.57. The standard InChI is InChI=1S/C15H18F3NO/c16-15(17,18)14(8-9-14)7-6-13(11-20)19-10-12-4-2-1-3-5-12/h1-5,11,13,19H,6-10H2. The van der Waals surface area contributed by atoms with Crippen LogP contribution in [0.2, 0.25) is 0 Å². The van der Waals surface area contributed by atoms with Gasteiger partial charge in [-0.2, -0.15) is 13.2 Å². The SMILES string of the molecule is O=CC(CCC1(C(F)(F)F)CC1)NCc1ccccc1. The van der Waals surface area contributed by atoms with Gasteiger partial charge in [-0.05, 0) is 31.2 Å². The first-order valence-electron chi connectivity index (χ1n) is 6.76. The summed E-state index contributed by atoms with van der Waals surface area (Å²) in [6.45, 7) is 0.489. The molecule has 1 saturated carbocycles. The van der Waals surface area contributed by atoms with Crippen LogP contribution in [0.15, 0.2) is 30.3 Å². The molecular weight excluding hydrogens is 267 g/mol. The van der Waals surface area contributed by atoms with E-state index in [0.717, 1.165) is 5.56 Å². The van der Waals surface area contributed by atoms with Gasteiger partial charge in [0.05, 0.1) is 11.5 Å². The molecule has 0 heterocycles. The number of alkyl halides is 3. The molecule has 1 aliphatic carbocycles. The Morgan fingerprint density at radius 3 is 2.40 bits per heavy atom. The minimum atomic E-state index is -4.14. The van der Waals surface area contributed by atoms with Crippen LogP contribution in [0, 0.1) is 5.41 Å². The maximum atomic E-state index is 12.8. The first-order valence-corrected chi connectivity index (χ1v) is 6.76. The number of aldehydes is 1. The van der Waals surface area contributed by atoms with Crippen molar-refractivity contribution in [3.63, 3.8) is 0 Å². The number of halogens is 3. The fourth-order valence-corrected chi connectivity index (χ4v) is 2.32. The van der Waals surface area contributed by atoms with Crippen LogP contribution in [0.5, 0.6) is 0 Å². The van der Waals surface area contributed by atoms with E-state index < -0.39 is 17.6 Å². The average molecular weight is 285 g/mol. The van der Waals surface area contributed by atoms with E-state index in [-0.39, 0.29) is 25.7 Å². The average Bonchev–Trinajstić information content (AvgIpc) is 3.21. The summed E-state index contributed by atoms with van der Waals surface area (Å²) in [5, 5.41) is 3.00. The van der Waals surface area contributed by atoms with E-state index in [1.807, 2.05) is 30.3 Å². The van der Waals surface area contributed by atoms with Crippen molar-refractivity contribution in [3.05, 3.63) is 35.9 Å². The monoisotopic (exact) mass is 285 g/mol. The Morgan fingerprint density at radius 1 is 1.25 bits per heavy atom. The van der Waals surface area contributed by atoms with Gasteiger partial charge in [0.2, 0.25) is 0 Å². The fraction of sp³-hybridized carbons (Fsp3) is 0.533. The van der Waals surface area contributed by atoms with Gasteiger partial charge >= 0.3 is 6.18 Å². The van der Waals surface area contributed by atoms with Crippen LogP contribution in [0.3, 0.4) is 0 Å². The molecule has 1 N–H and O–H groups in total. The highest BCUT2D eigenvalue weighted by Gasteiger charge is 2.62. The molecule has 110 valence electrons. The molecule has 1 unspecified atom stereocenters. The van der Waals surface area contributed by atoms with Crippen molar-refractivity contribution >= 4 is 6.29 Å². The number of carbonyl (C=O) groups is 1. The number of carbonyl (C=O) groups excluding carboxylic acids is 1. The van der Waals surface area contributed by atoms with Crippen molar-refractivity contribution in [2.75, 3.05) is 0 Å². The van der Waals surface area contributed by atoms with E-state index in [1.54, 1.807) is 0 Å². The molecule has 1 fully saturated rings. The van der Waals surface area contributed by atoms with Gasteiger partial charge in [0.25, 0.3) is 0 Å². The van der Waals surface area contributed by atoms with E-state index in [2.05, 4.69) is 5.32 Å². The number of nitrogens with one attached hydrogen (secondary N) is 1. The van der Waals surface area contributed by atoms with Crippen LogP contribution in [-0.4, -0.2) is 18.5 Å². The molecule has 1 aliphatic rings. The van der Waals surface area contributed by atoms with Crippen LogP contribution in [-0.2, 0) is 11.3 Å². The largest absolute Gasteiger partial charge is 0.394 e. The number of rotatable bonds is 7. The van der Waals surface area contributed by atoms with E-state index >= 15 is 0 Å². The summed E-state index contributed by atoms with van der Waals surface area (Å²) >= 11 is 0. The number of hydrogen-bond donors (Lipinski definition) is 1. The van der Waals surface area contributed by atoms with Gasteiger partial charge in [-0.25, -0.2) is 0 Å². The lowest BCUT2D eigenvalue weighted by molar-refractivity contribution is -0.189. The third-order valence-corrected chi connectivity index (χ3v) is 3.96. The highest BCUT2D eigenvalue weighted by Crippen LogP contribution is 2.60. The molecule has 5 heteroatoms. The molecule has 0 spiro atoms. The third-order valence-electron chi connectivity index (χ3n) is 3.96. The topological polar surface area (TPSA) is 29.1 Å². The molecule has 2 nitrogen and oxygen atoms in total.